The fourth-order valence-electron chi connectivity index (χ4n) is 2.87. The second-order valence-electron chi connectivity index (χ2n) is 5.49. The first-order valence-electron chi connectivity index (χ1n) is 7.66. The van der Waals surface area contributed by atoms with E-state index in [9.17, 15) is 0 Å². The Balaban J connectivity index is 1.75. The van der Waals surface area contributed by atoms with Crippen LogP contribution < -0.4 is 9.64 Å². The van der Waals surface area contributed by atoms with Gasteiger partial charge >= 0.3 is 0 Å². The number of aromatic nitrogens is 3. The van der Waals surface area contributed by atoms with Crippen LogP contribution in [0.25, 0.3) is 22.2 Å². The van der Waals surface area contributed by atoms with Crippen LogP contribution in [0.4, 0.5) is 5.82 Å². The standard InChI is InChI=1S/C17H18N4O2/c1-22-13-2-3-15-14(11-13)17(20-19-15)12-4-5-18-16(10-12)21-6-8-23-9-7-21/h2-5,10-11H,6-9H2,1H3,(H,19,20). The Hall–Kier alpha value is -2.60. The third-order valence-electron chi connectivity index (χ3n) is 4.12. The Kier molecular flexibility index (Phi) is 3.59. The van der Waals surface area contributed by atoms with Gasteiger partial charge in [0.15, 0.2) is 0 Å². The first kappa shape index (κ1) is 14.0. The van der Waals surface area contributed by atoms with Crippen LogP contribution >= 0.6 is 0 Å². The fraction of sp³-hybridized carbons (Fsp3) is 0.294. The summed E-state index contributed by atoms with van der Waals surface area (Å²) >= 11 is 0. The topological polar surface area (TPSA) is 63.3 Å². The first-order valence-corrected chi connectivity index (χ1v) is 7.66. The van der Waals surface area contributed by atoms with Gasteiger partial charge in [-0.1, -0.05) is 0 Å². The fourth-order valence-corrected chi connectivity index (χ4v) is 2.87. The third-order valence-corrected chi connectivity index (χ3v) is 4.12. The van der Waals surface area contributed by atoms with E-state index in [0.717, 1.165) is 60.0 Å². The monoisotopic (exact) mass is 310 g/mol. The average Bonchev–Trinajstić information content (AvgIpc) is 3.05. The third kappa shape index (κ3) is 2.61. The Morgan fingerprint density at radius 2 is 2.04 bits per heavy atom. The summed E-state index contributed by atoms with van der Waals surface area (Å²) in [6.07, 6.45) is 1.83. The largest absolute Gasteiger partial charge is 0.497 e. The minimum absolute atomic E-state index is 0.744. The molecule has 6 heteroatoms. The van der Waals surface area contributed by atoms with Crippen LogP contribution in [0.15, 0.2) is 36.5 Å². The average molecular weight is 310 g/mol. The number of anilines is 1. The lowest BCUT2D eigenvalue weighted by molar-refractivity contribution is 0.122. The number of ether oxygens (including phenoxy) is 2. The lowest BCUT2D eigenvalue weighted by Crippen LogP contribution is -2.36. The van der Waals surface area contributed by atoms with Crippen LogP contribution in [0.2, 0.25) is 0 Å². The minimum atomic E-state index is 0.744. The number of benzene rings is 1. The summed E-state index contributed by atoms with van der Waals surface area (Å²) in [4.78, 5) is 6.73. The van der Waals surface area contributed by atoms with Crippen molar-refractivity contribution in [3.05, 3.63) is 36.5 Å². The van der Waals surface area contributed by atoms with Gasteiger partial charge in [0.1, 0.15) is 17.3 Å². The molecule has 23 heavy (non-hydrogen) atoms. The van der Waals surface area contributed by atoms with Crippen molar-refractivity contribution in [3.8, 4) is 17.0 Å². The zero-order chi connectivity index (χ0) is 15.6. The van der Waals surface area contributed by atoms with Crippen LogP contribution in [-0.2, 0) is 4.74 Å². The minimum Gasteiger partial charge on any atom is -0.497 e. The summed E-state index contributed by atoms with van der Waals surface area (Å²) in [6, 6.07) is 9.98. The number of rotatable bonds is 3. The maximum atomic E-state index is 5.41. The van der Waals surface area contributed by atoms with E-state index in [1.54, 1.807) is 7.11 Å². The van der Waals surface area contributed by atoms with E-state index in [4.69, 9.17) is 9.47 Å². The summed E-state index contributed by atoms with van der Waals surface area (Å²) in [5, 5.41) is 8.60. The highest BCUT2D eigenvalue weighted by Crippen LogP contribution is 2.30. The number of fused-ring (bicyclic) bond motifs is 1. The van der Waals surface area contributed by atoms with Gasteiger partial charge in [0.2, 0.25) is 0 Å². The van der Waals surface area contributed by atoms with Crippen molar-refractivity contribution in [2.75, 3.05) is 38.3 Å². The molecule has 0 atom stereocenters. The molecule has 118 valence electrons. The SMILES string of the molecule is COc1ccc2[nH]nc(-c3ccnc(N4CCOCC4)c3)c2c1. The molecule has 0 aliphatic carbocycles. The molecule has 1 aliphatic rings. The van der Waals surface area contributed by atoms with Crippen LogP contribution in [0.1, 0.15) is 0 Å². The number of morpholine rings is 1. The van der Waals surface area contributed by atoms with Gasteiger partial charge in [-0.25, -0.2) is 4.98 Å². The van der Waals surface area contributed by atoms with Crippen molar-refractivity contribution in [1.82, 2.24) is 15.2 Å². The number of hydrogen-bond donors (Lipinski definition) is 1. The summed E-state index contributed by atoms with van der Waals surface area (Å²) in [5.41, 5.74) is 2.95. The molecule has 0 spiro atoms. The number of methoxy groups -OCH3 is 1. The summed E-state index contributed by atoms with van der Waals surface area (Å²) in [5.74, 6) is 1.78. The predicted molar refractivity (Wildman–Crippen MR) is 88.9 cm³/mol. The van der Waals surface area contributed by atoms with Crippen molar-refractivity contribution >= 4 is 16.7 Å². The quantitative estimate of drug-likeness (QED) is 0.805. The number of hydrogen-bond acceptors (Lipinski definition) is 5. The van der Waals surface area contributed by atoms with Crippen LogP contribution in [0, 0.1) is 0 Å². The number of aromatic amines is 1. The molecule has 3 aromatic rings. The molecule has 0 unspecified atom stereocenters. The van der Waals surface area contributed by atoms with E-state index < -0.39 is 0 Å². The van der Waals surface area contributed by atoms with Gasteiger partial charge in [0, 0.05) is 30.2 Å². The molecule has 1 aliphatic heterocycles. The van der Waals surface area contributed by atoms with Gasteiger partial charge in [-0.15, -0.1) is 0 Å². The van der Waals surface area contributed by atoms with Gasteiger partial charge in [-0.2, -0.15) is 5.10 Å². The molecule has 1 saturated heterocycles. The highest BCUT2D eigenvalue weighted by atomic mass is 16.5. The second kappa shape index (κ2) is 5.89. The van der Waals surface area contributed by atoms with Gasteiger partial charge in [0.05, 0.1) is 25.8 Å². The first-order chi connectivity index (χ1) is 11.3. The molecule has 4 rings (SSSR count). The normalized spacial score (nSPS) is 15.1. The van der Waals surface area contributed by atoms with Gasteiger partial charge < -0.3 is 14.4 Å². The van der Waals surface area contributed by atoms with Crippen molar-refractivity contribution in [2.45, 2.75) is 0 Å². The van der Waals surface area contributed by atoms with Crippen molar-refractivity contribution in [2.24, 2.45) is 0 Å². The van der Waals surface area contributed by atoms with Gasteiger partial charge in [-0.3, -0.25) is 5.10 Å². The molecule has 6 nitrogen and oxygen atoms in total. The smallest absolute Gasteiger partial charge is 0.129 e. The van der Waals surface area contributed by atoms with Crippen molar-refractivity contribution in [1.29, 1.82) is 0 Å². The number of H-pyrrole nitrogens is 1. The summed E-state index contributed by atoms with van der Waals surface area (Å²) in [6.45, 7) is 3.22. The molecule has 0 amide bonds. The maximum absolute atomic E-state index is 5.41. The highest BCUT2D eigenvalue weighted by molar-refractivity contribution is 5.94. The number of nitrogens with zero attached hydrogens (tertiary/aromatic N) is 3. The molecule has 3 heterocycles. The Morgan fingerprint density at radius 3 is 2.87 bits per heavy atom. The van der Waals surface area contributed by atoms with E-state index in [2.05, 4.69) is 26.1 Å². The summed E-state index contributed by atoms with van der Waals surface area (Å²) < 4.78 is 10.7. The lowest BCUT2D eigenvalue weighted by atomic mass is 10.1. The van der Waals surface area contributed by atoms with Crippen molar-refractivity contribution in [3.63, 3.8) is 0 Å². The van der Waals surface area contributed by atoms with E-state index in [1.165, 1.54) is 0 Å². The van der Waals surface area contributed by atoms with E-state index >= 15 is 0 Å². The molecule has 2 aromatic heterocycles. The van der Waals surface area contributed by atoms with E-state index in [0.29, 0.717) is 0 Å². The molecular formula is C17H18N4O2. The van der Waals surface area contributed by atoms with E-state index in [-0.39, 0.29) is 0 Å². The predicted octanol–water partition coefficient (Wildman–Crippen LogP) is 2.47. The molecule has 1 fully saturated rings. The van der Waals surface area contributed by atoms with Gasteiger partial charge in [0.25, 0.3) is 0 Å². The summed E-state index contributed by atoms with van der Waals surface area (Å²) in [7, 11) is 1.67. The number of nitrogens with one attached hydrogen (secondary N) is 1. The molecule has 1 N–H and O–H groups in total. The second-order valence-corrected chi connectivity index (χ2v) is 5.49. The Bertz CT molecular complexity index is 824. The zero-order valence-electron chi connectivity index (χ0n) is 13.0. The number of pyridine rings is 1. The molecule has 0 saturated carbocycles. The molecular weight excluding hydrogens is 292 g/mol. The highest BCUT2D eigenvalue weighted by Gasteiger charge is 2.15. The van der Waals surface area contributed by atoms with Crippen LogP contribution in [0.3, 0.4) is 0 Å². The van der Waals surface area contributed by atoms with E-state index in [1.807, 2.05) is 30.5 Å². The Morgan fingerprint density at radius 1 is 1.17 bits per heavy atom. The van der Waals surface area contributed by atoms with Gasteiger partial charge in [-0.05, 0) is 30.3 Å². The van der Waals surface area contributed by atoms with Crippen LogP contribution in [0.5, 0.6) is 5.75 Å². The van der Waals surface area contributed by atoms with Crippen LogP contribution in [-0.4, -0.2) is 48.6 Å². The molecule has 1 aromatic carbocycles. The molecule has 0 radical (unpaired) electrons. The molecule has 0 bridgehead atoms. The zero-order valence-corrected chi connectivity index (χ0v) is 13.0. The Labute approximate surface area is 134 Å². The lowest BCUT2D eigenvalue weighted by Gasteiger charge is -2.27. The maximum Gasteiger partial charge on any atom is 0.129 e. The van der Waals surface area contributed by atoms with Crippen molar-refractivity contribution < 1.29 is 9.47 Å².